The van der Waals surface area contributed by atoms with Crippen LogP contribution in [0, 0.1) is 16.0 Å². The second kappa shape index (κ2) is 5.64. The molecule has 1 heterocycles. The lowest BCUT2D eigenvalue weighted by atomic mass is 9.85. The Labute approximate surface area is 110 Å². The van der Waals surface area contributed by atoms with Crippen molar-refractivity contribution in [3.8, 4) is 0 Å². The standard InChI is InChI=1S/C12H16N4O3/c13-12(17)8-1-3-9(4-2-8)15-10-5-6-11(14-7-10)16(18)19/h5-9,15H,1-4H2,(H2,13,17). The number of anilines is 1. The molecule has 0 saturated heterocycles. The van der Waals surface area contributed by atoms with Crippen LogP contribution in [0.5, 0.6) is 0 Å². The summed E-state index contributed by atoms with van der Waals surface area (Å²) < 4.78 is 0. The van der Waals surface area contributed by atoms with Crippen molar-refractivity contribution < 1.29 is 9.72 Å². The van der Waals surface area contributed by atoms with E-state index in [4.69, 9.17) is 5.73 Å². The van der Waals surface area contributed by atoms with E-state index in [0.717, 1.165) is 31.4 Å². The van der Waals surface area contributed by atoms with Crippen LogP contribution in [0.25, 0.3) is 0 Å². The number of nitrogens with zero attached hydrogens (tertiary/aromatic N) is 2. The molecule has 1 aliphatic rings. The minimum Gasteiger partial charge on any atom is -0.379 e. The molecule has 3 N–H and O–H groups in total. The molecule has 2 rings (SSSR count). The van der Waals surface area contributed by atoms with Crippen LogP contribution in [0.3, 0.4) is 0 Å². The molecule has 1 aromatic heterocycles. The van der Waals surface area contributed by atoms with E-state index in [1.165, 1.54) is 12.3 Å². The second-order valence-electron chi connectivity index (χ2n) is 4.76. The molecule has 0 aliphatic heterocycles. The Morgan fingerprint density at radius 1 is 1.37 bits per heavy atom. The van der Waals surface area contributed by atoms with E-state index in [9.17, 15) is 14.9 Å². The second-order valence-corrected chi connectivity index (χ2v) is 4.76. The average molecular weight is 264 g/mol. The maximum Gasteiger partial charge on any atom is 0.363 e. The molecule has 0 unspecified atom stereocenters. The number of amides is 1. The molecule has 0 bridgehead atoms. The molecular weight excluding hydrogens is 248 g/mol. The number of carbonyl (C=O) groups is 1. The zero-order valence-corrected chi connectivity index (χ0v) is 10.4. The monoisotopic (exact) mass is 264 g/mol. The molecule has 0 aromatic carbocycles. The first-order chi connectivity index (χ1) is 9.06. The van der Waals surface area contributed by atoms with Gasteiger partial charge in [-0.1, -0.05) is 0 Å². The van der Waals surface area contributed by atoms with E-state index in [1.54, 1.807) is 6.07 Å². The summed E-state index contributed by atoms with van der Waals surface area (Å²) in [6, 6.07) is 3.28. The van der Waals surface area contributed by atoms with Crippen molar-refractivity contribution in [2.24, 2.45) is 11.7 Å². The normalized spacial score (nSPS) is 22.7. The SMILES string of the molecule is NC(=O)C1CCC(Nc2ccc([N+](=O)[O-])nc2)CC1. The van der Waals surface area contributed by atoms with Crippen molar-refractivity contribution in [1.82, 2.24) is 4.98 Å². The zero-order chi connectivity index (χ0) is 13.8. The van der Waals surface area contributed by atoms with Gasteiger partial charge in [-0.05, 0) is 41.7 Å². The third-order valence-corrected chi connectivity index (χ3v) is 3.44. The highest BCUT2D eigenvalue weighted by molar-refractivity contribution is 5.76. The lowest BCUT2D eigenvalue weighted by Crippen LogP contribution is -2.32. The van der Waals surface area contributed by atoms with E-state index < -0.39 is 4.92 Å². The van der Waals surface area contributed by atoms with E-state index >= 15 is 0 Å². The average Bonchev–Trinajstić information content (AvgIpc) is 2.40. The van der Waals surface area contributed by atoms with Crippen LogP contribution in [0.1, 0.15) is 25.7 Å². The number of nitrogens with two attached hydrogens (primary N) is 1. The first-order valence-corrected chi connectivity index (χ1v) is 6.22. The van der Waals surface area contributed by atoms with Gasteiger partial charge in [0.05, 0.1) is 5.69 Å². The van der Waals surface area contributed by atoms with Gasteiger partial charge in [0, 0.05) is 18.0 Å². The van der Waals surface area contributed by atoms with Crippen LogP contribution >= 0.6 is 0 Å². The van der Waals surface area contributed by atoms with Crippen LogP contribution in [0.2, 0.25) is 0 Å². The summed E-state index contributed by atoms with van der Waals surface area (Å²) in [5.74, 6) is -0.411. The van der Waals surface area contributed by atoms with E-state index in [2.05, 4.69) is 10.3 Å². The number of carbonyl (C=O) groups excluding carboxylic acids is 1. The number of pyridine rings is 1. The van der Waals surface area contributed by atoms with Crippen molar-refractivity contribution in [3.63, 3.8) is 0 Å². The molecule has 7 nitrogen and oxygen atoms in total. The zero-order valence-electron chi connectivity index (χ0n) is 10.4. The molecule has 1 amide bonds. The first-order valence-electron chi connectivity index (χ1n) is 6.22. The van der Waals surface area contributed by atoms with Gasteiger partial charge in [-0.15, -0.1) is 0 Å². The Balaban J connectivity index is 1.88. The van der Waals surface area contributed by atoms with Crippen molar-refractivity contribution >= 4 is 17.4 Å². The van der Waals surface area contributed by atoms with Crippen LogP contribution in [-0.2, 0) is 4.79 Å². The first kappa shape index (κ1) is 13.3. The van der Waals surface area contributed by atoms with Gasteiger partial charge in [-0.2, -0.15) is 0 Å². The Hall–Kier alpha value is -2.18. The molecule has 0 atom stereocenters. The molecular formula is C12H16N4O3. The molecule has 7 heteroatoms. The Kier molecular flexibility index (Phi) is 3.94. The fraction of sp³-hybridized carbons (Fsp3) is 0.500. The predicted octanol–water partition coefficient (Wildman–Crippen LogP) is 1.45. The number of nitrogens with one attached hydrogen (secondary N) is 1. The third kappa shape index (κ3) is 3.40. The molecule has 1 fully saturated rings. The molecule has 1 aromatic rings. The maximum atomic E-state index is 11.0. The highest BCUT2D eigenvalue weighted by Crippen LogP contribution is 2.26. The van der Waals surface area contributed by atoms with Gasteiger partial charge in [-0.3, -0.25) is 4.79 Å². The van der Waals surface area contributed by atoms with Crippen LogP contribution < -0.4 is 11.1 Å². The van der Waals surface area contributed by atoms with Crippen LogP contribution in [-0.4, -0.2) is 21.9 Å². The summed E-state index contributed by atoms with van der Waals surface area (Å²) >= 11 is 0. The number of primary amides is 1. The largest absolute Gasteiger partial charge is 0.379 e. The number of aromatic nitrogens is 1. The highest BCUT2D eigenvalue weighted by Gasteiger charge is 2.24. The molecule has 0 spiro atoms. The quantitative estimate of drug-likeness (QED) is 0.631. The topological polar surface area (TPSA) is 111 Å². The predicted molar refractivity (Wildman–Crippen MR) is 69.5 cm³/mol. The summed E-state index contributed by atoms with van der Waals surface area (Å²) in [4.78, 5) is 24.8. The van der Waals surface area contributed by atoms with Gasteiger partial charge in [-0.25, -0.2) is 0 Å². The fourth-order valence-corrected chi connectivity index (χ4v) is 2.34. The van der Waals surface area contributed by atoms with Crippen LogP contribution in [0.4, 0.5) is 11.5 Å². The van der Waals surface area contributed by atoms with Gasteiger partial charge < -0.3 is 21.2 Å². The molecule has 0 radical (unpaired) electrons. The van der Waals surface area contributed by atoms with E-state index in [-0.39, 0.29) is 23.7 Å². The summed E-state index contributed by atoms with van der Waals surface area (Å²) in [5.41, 5.74) is 6.03. The summed E-state index contributed by atoms with van der Waals surface area (Å²) in [6.45, 7) is 0. The number of hydrogen-bond acceptors (Lipinski definition) is 5. The highest BCUT2D eigenvalue weighted by atomic mass is 16.6. The minimum atomic E-state index is -0.526. The lowest BCUT2D eigenvalue weighted by Gasteiger charge is -2.27. The molecule has 1 saturated carbocycles. The van der Waals surface area contributed by atoms with Crippen molar-refractivity contribution in [3.05, 3.63) is 28.4 Å². The van der Waals surface area contributed by atoms with Gasteiger partial charge in [0.1, 0.15) is 0 Å². The Morgan fingerprint density at radius 3 is 2.53 bits per heavy atom. The third-order valence-electron chi connectivity index (χ3n) is 3.44. The summed E-state index contributed by atoms with van der Waals surface area (Å²) in [7, 11) is 0. The van der Waals surface area contributed by atoms with Crippen molar-refractivity contribution in [1.29, 1.82) is 0 Å². The number of nitro groups is 1. The van der Waals surface area contributed by atoms with Gasteiger partial charge in [0.2, 0.25) is 5.91 Å². The van der Waals surface area contributed by atoms with E-state index in [0.29, 0.717) is 0 Å². The van der Waals surface area contributed by atoms with Gasteiger partial charge in [0.15, 0.2) is 6.20 Å². The Morgan fingerprint density at radius 2 is 2.05 bits per heavy atom. The number of hydrogen-bond donors (Lipinski definition) is 2. The smallest absolute Gasteiger partial charge is 0.363 e. The summed E-state index contributed by atoms with van der Waals surface area (Å²) in [5, 5.41) is 13.8. The molecule has 1 aliphatic carbocycles. The van der Waals surface area contributed by atoms with Crippen molar-refractivity contribution in [2.75, 3.05) is 5.32 Å². The van der Waals surface area contributed by atoms with Gasteiger partial charge in [0.25, 0.3) is 0 Å². The van der Waals surface area contributed by atoms with Crippen molar-refractivity contribution in [2.45, 2.75) is 31.7 Å². The fourth-order valence-electron chi connectivity index (χ4n) is 2.34. The molecule has 19 heavy (non-hydrogen) atoms. The maximum absolute atomic E-state index is 11.0. The molecule has 102 valence electrons. The summed E-state index contributed by atoms with van der Waals surface area (Å²) in [6.07, 6.45) is 4.76. The minimum absolute atomic E-state index is 0.0203. The van der Waals surface area contributed by atoms with Gasteiger partial charge >= 0.3 is 5.82 Å². The van der Waals surface area contributed by atoms with E-state index in [1.807, 2.05) is 0 Å². The number of rotatable bonds is 4. The van der Waals surface area contributed by atoms with Crippen LogP contribution in [0.15, 0.2) is 18.3 Å². The Bertz CT molecular complexity index is 466. The lowest BCUT2D eigenvalue weighted by molar-refractivity contribution is -0.389.